The molecule has 1 aromatic rings. The molecule has 0 saturated carbocycles. The van der Waals surface area contributed by atoms with Crippen LogP contribution < -0.4 is 22.5 Å². The van der Waals surface area contributed by atoms with Crippen LogP contribution in [-0.4, -0.2) is 29.9 Å². The number of hydrogen-bond acceptors (Lipinski definition) is 3. The molecule has 1 rings (SSSR count). The van der Waals surface area contributed by atoms with Crippen molar-refractivity contribution < 1.29 is 22.3 Å². The fraction of sp³-hybridized carbons (Fsp3) is 0.714. The molecule has 0 bridgehead atoms. The van der Waals surface area contributed by atoms with Crippen molar-refractivity contribution in [2.24, 2.45) is 5.41 Å². The Bertz CT molecular complexity index is 498. The van der Waals surface area contributed by atoms with Crippen molar-refractivity contribution in [2.75, 3.05) is 13.2 Å². The topological polar surface area (TPSA) is 41.5 Å². The van der Waals surface area contributed by atoms with Crippen LogP contribution in [0.3, 0.4) is 0 Å². The van der Waals surface area contributed by atoms with Gasteiger partial charge in [-0.1, -0.05) is 53.7 Å². The van der Waals surface area contributed by atoms with Crippen molar-refractivity contribution in [3.05, 3.63) is 29.8 Å². The van der Waals surface area contributed by atoms with Crippen molar-refractivity contribution in [2.45, 2.75) is 78.9 Å². The van der Waals surface area contributed by atoms with Crippen LogP contribution in [0.15, 0.2) is 24.3 Å². The minimum atomic E-state index is -0.522. The van der Waals surface area contributed by atoms with Gasteiger partial charge in [0, 0.05) is 12.1 Å². The van der Waals surface area contributed by atoms with Crippen molar-refractivity contribution in [1.29, 1.82) is 0 Å². The van der Waals surface area contributed by atoms with Gasteiger partial charge in [-0.15, -0.1) is 0 Å². The summed E-state index contributed by atoms with van der Waals surface area (Å²) in [6.07, 6.45) is 0.522. The second-order valence-corrected chi connectivity index (χ2v) is 9.74. The summed E-state index contributed by atoms with van der Waals surface area (Å²) >= 11 is 0. The Balaban J connectivity index is 0.00000576. The second-order valence-electron chi connectivity index (χ2n) is 9.74. The Morgan fingerprint density at radius 1 is 0.960 bits per heavy atom. The maximum Gasteiger partial charge on any atom is 0.119 e. The van der Waals surface area contributed by atoms with Gasteiger partial charge in [-0.05, 0) is 48.8 Å². The van der Waals surface area contributed by atoms with Gasteiger partial charge in [-0.3, -0.25) is 0 Å². The fourth-order valence-corrected chi connectivity index (χ4v) is 3.08. The van der Waals surface area contributed by atoms with E-state index in [0.717, 1.165) is 12.2 Å². The molecule has 0 fully saturated rings. The molecule has 0 radical (unpaired) electrons. The SMILES string of the molecule is CC(C)(C)CC(C)(C)NCC(O)COc1ccc(C(C)(C)C)cc1.[Cl-]. The number of halogens is 1. The summed E-state index contributed by atoms with van der Waals surface area (Å²) in [5.74, 6) is 0.802. The van der Waals surface area contributed by atoms with E-state index in [9.17, 15) is 5.11 Å². The zero-order chi connectivity index (χ0) is 18.6. The number of aliphatic hydroxyl groups excluding tert-OH is 1. The number of ether oxygens (including phenoxy) is 1. The van der Waals surface area contributed by atoms with Crippen LogP contribution in [0, 0.1) is 5.41 Å². The van der Waals surface area contributed by atoms with Gasteiger partial charge in [0.2, 0.25) is 0 Å². The molecule has 0 aliphatic rings. The van der Waals surface area contributed by atoms with Gasteiger partial charge < -0.3 is 27.6 Å². The molecule has 1 unspecified atom stereocenters. The van der Waals surface area contributed by atoms with E-state index in [-0.39, 0.29) is 28.8 Å². The first-order valence-corrected chi connectivity index (χ1v) is 8.95. The highest BCUT2D eigenvalue weighted by atomic mass is 35.5. The van der Waals surface area contributed by atoms with E-state index in [2.05, 4.69) is 72.8 Å². The summed E-state index contributed by atoms with van der Waals surface area (Å²) in [6, 6.07) is 8.13. The lowest BCUT2D eigenvalue weighted by Crippen LogP contribution is -3.00. The fourth-order valence-electron chi connectivity index (χ4n) is 3.08. The molecule has 2 N–H and O–H groups in total. The average molecular weight is 371 g/mol. The van der Waals surface area contributed by atoms with E-state index in [1.54, 1.807) is 0 Å². The van der Waals surface area contributed by atoms with Gasteiger partial charge in [-0.2, -0.15) is 0 Å². The maximum absolute atomic E-state index is 10.2. The van der Waals surface area contributed by atoms with Crippen molar-refractivity contribution in [1.82, 2.24) is 5.32 Å². The summed E-state index contributed by atoms with van der Waals surface area (Å²) in [4.78, 5) is 0. The maximum atomic E-state index is 10.2. The Morgan fingerprint density at radius 2 is 1.48 bits per heavy atom. The smallest absolute Gasteiger partial charge is 0.119 e. The van der Waals surface area contributed by atoms with Crippen LogP contribution in [0.25, 0.3) is 0 Å². The standard InChI is InChI=1S/C21H37NO2.ClH/c1-19(2,3)15-21(7,8)22-13-17(23)14-24-18-11-9-16(10-12-18)20(4,5)6;/h9-12,17,22-23H,13-15H2,1-8H3;1H/p-1. The van der Waals surface area contributed by atoms with E-state index in [1.165, 1.54) is 5.56 Å². The van der Waals surface area contributed by atoms with Crippen LogP contribution in [0.4, 0.5) is 0 Å². The monoisotopic (exact) mass is 370 g/mol. The van der Waals surface area contributed by atoms with Gasteiger partial charge >= 0.3 is 0 Å². The number of nitrogens with one attached hydrogen (secondary N) is 1. The molecule has 0 heterocycles. The first-order valence-electron chi connectivity index (χ1n) is 8.95. The second kappa shape index (κ2) is 9.25. The molecule has 1 atom stereocenters. The Kier molecular flexibility index (Phi) is 8.96. The lowest BCUT2D eigenvalue weighted by molar-refractivity contribution is -0.00000892. The molecule has 0 spiro atoms. The molecule has 0 amide bonds. The van der Waals surface area contributed by atoms with E-state index in [1.807, 2.05) is 12.1 Å². The van der Waals surface area contributed by atoms with Gasteiger partial charge in [-0.25, -0.2) is 0 Å². The van der Waals surface area contributed by atoms with Gasteiger partial charge in [0.15, 0.2) is 0 Å². The molecule has 4 heteroatoms. The number of benzene rings is 1. The van der Waals surface area contributed by atoms with E-state index < -0.39 is 6.10 Å². The van der Waals surface area contributed by atoms with E-state index in [4.69, 9.17) is 4.74 Å². The number of hydrogen-bond donors (Lipinski definition) is 2. The molecule has 1 aromatic carbocycles. The highest BCUT2D eigenvalue weighted by Crippen LogP contribution is 2.27. The molecule has 0 aliphatic carbocycles. The van der Waals surface area contributed by atoms with Crippen molar-refractivity contribution >= 4 is 0 Å². The minimum Gasteiger partial charge on any atom is -1.00 e. The average Bonchev–Trinajstić information content (AvgIpc) is 2.40. The quantitative estimate of drug-likeness (QED) is 0.764. The third-order valence-corrected chi connectivity index (χ3v) is 3.95. The van der Waals surface area contributed by atoms with Crippen LogP contribution in [-0.2, 0) is 5.41 Å². The largest absolute Gasteiger partial charge is 1.00 e. The number of β-amino-alcohol motifs (C(OH)–C–C–N with tert-alkyl or cyclic N) is 1. The van der Waals surface area contributed by atoms with Crippen molar-refractivity contribution in [3.8, 4) is 5.75 Å². The van der Waals surface area contributed by atoms with E-state index >= 15 is 0 Å². The van der Waals surface area contributed by atoms with Gasteiger partial charge in [0.05, 0.1) is 0 Å². The summed E-state index contributed by atoms with van der Waals surface area (Å²) < 4.78 is 5.71. The molecule has 25 heavy (non-hydrogen) atoms. The molecular weight excluding hydrogens is 334 g/mol. The molecule has 0 saturated heterocycles. The first kappa shape index (κ1) is 24.2. The van der Waals surface area contributed by atoms with Crippen LogP contribution in [0.2, 0.25) is 0 Å². The third kappa shape index (κ3) is 10.1. The molecule has 146 valence electrons. The van der Waals surface area contributed by atoms with Crippen molar-refractivity contribution in [3.63, 3.8) is 0 Å². The highest BCUT2D eigenvalue weighted by molar-refractivity contribution is 5.31. The predicted molar refractivity (Wildman–Crippen MR) is 103 cm³/mol. The summed E-state index contributed by atoms with van der Waals surface area (Å²) in [5.41, 5.74) is 1.67. The summed E-state index contributed by atoms with van der Waals surface area (Å²) in [6.45, 7) is 18.5. The zero-order valence-electron chi connectivity index (χ0n) is 17.2. The summed E-state index contributed by atoms with van der Waals surface area (Å²) in [5, 5.41) is 13.6. The predicted octanol–water partition coefficient (Wildman–Crippen LogP) is 1.53. The normalized spacial score (nSPS) is 14.0. The highest BCUT2D eigenvalue weighted by Gasteiger charge is 2.25. The van der Waals surface area contributed by atoms with Crippen LogP contribution >= 0.6 is 0 Å². The Hall–Kier alpha value is -0.770. The minimum absolute atomic E-state index is 0. The van der Waals surface area contributed by atoms with Crippen LogP contribution in [0.5, 0.6) is 5.75 Å². The zero-order valence-corrected chi connectivity index (χ0v) is 18.0. The number of aliphatic hydroxyl groups is 1. The van der Waals surface area contributed by atoms with Gasteiger partial charge in [0.1, 0.15) is 18.5 Å². The van der Waals surface area contributed by atoms with Gasteiger partial charge in [0.25, 0.3) is 0 Å². The Morgan fingerprint density at radius 3 is 1.92 bits per heavy atom. The van der Waals surface area contributed by atoms with Crippen LogP contribution in [0.1, 0.15) is 67.4 Å². The molecule has 0 aliphatic heterocycles. The van der Waals surface area contributed by atoms with E-state index in [0.29, 0.717) is 13.2 Å². The number of rotatable bonds is 7. The molecule has 0 aromatic heterocycles. The Labute approximate surface area is 161 Å². The lowest BCUT2D eigenvalue weighted by atomic mass is 9.82. The third-order valence-electron chi connectivity index (χ3n) is 3.95. The molecule has 3 nitrogen and oxygen atoms in total. The summed E-state index contributed by atoms with van der Waals surface area (Å²) in [7, 11) is 0. The lowest BCUT2D eigenvalue weighted by Gasteiger charge is -2.34. The first-order chi connectivity index (χ1) is 10.8. The molecular formula is C21H37ClNO2-.